The van der Waals surface area contributed by atoms with Gasteiger partial charge in [-0.2, -0.15) is 0 Å². The number of fused-ring (bicyclic) bond motifs is 1. The number of unbranched alkanes of at least 4 members (excludes halogenated alkanes) is 3. The van der Waals surface area contributed by atoms with Gasteiger partial charge >= 0.3 is 0 Å². The molecule has 1 aliphatic rings. The number of rotatable bonds is 10. The highest BCUT2D eigenvalue weighted by Crippen LogP contribution is 2.51. The minimum absolute atomic E-state index is 0.592. The van der Waals surface area contributed by atoms with Crippen LogP contribution in [0, 0.1) is 5.92 Å². The van der Waals surface area contributed by atoms with E-state index in [1.165, 1.54) is 47.5 Å². The lowest BCUT2D eigenvalue weighted by molar-refractivity contribution is 0.0880. The van der Waals surface area contributed by atoms with Crippen LogP contribution in [0.3, 0.4) is 0 Å². The molecule has 0 saturated heterocycles. The molecule has 0 unspecified atom stereocenters. The van der Waals surface area contributed by atoms with Gasteiger partial charge in [-0.15, -0.1) is 23.5 Å². The summed E-state index contributed by atoms with van der Waals surface area (Å²) in [7, 11) is 0. The summed E-state index contributed by atoms with van der Waals surface area (Å²) in [6.45, 7) is 3.86. The highest BCUT2D eigenvalue weighted by atomic mass is 32.2. The third-order valence-corrected chi connectivity index (χ3v) is 7.75. The molecular weight excluding hydrogens is 344 g/mol. The third-order valence-electron chi connectivity index (χ3n) is 4.59. The zero-order chi connectivity index (χ0) is 17.3. The van der Waals surface area contributed by atoms with Crippen LogP contribution in [0.1, 0.15) is 44.6 Å². The summed E-state index contributed by atoms with van der Waals surface area (Å²) in [6.07, 6.45) is 6.59. The molecule has 2 aromatic carbocycles. The fourth-order valence-corrected chi connectivity index (χ4v) is 6.25. The average Bonchev–Trinajstić information content (AvgIpc) is 3.08. The van der Waals surface area contributed by atoms with Crippen molar-refractivity contribution in [2.45, 2.75) is 60.0 Å². The fourth-order valence-electron chi connectivity index (χ4n) is 3.15. The molecule has 0 amide bonds. The van der Waals surface area contributed by atoms with Gasteiger partial charge in [-0.25, -0.2) is 0 Å². The standard InChI is InChI=1S/C22H28OS2/c1-2-3-4-8-13-19(17-23-16-18-11-6-5-7-12-18)22-24-20-14-9-10-15-21(20)25-22/h5-7,9-12,14-15,19,22H,2-4,8,13,16-17H2,1H3/t19-/m1/s1. The Morgan fingerprint density at radius 3 is 2.24 bits per heavy atom. The van der Waals surface area contributed by atoms with Crippen molar-refractivity contribution in [1.82, 2.24) is 0 Å². The highest BCUT2D eigenvalue weighted by molar-refractivity contribution is 8.19. The maximum absolute atomic E-state index is 6.12. The number of thioether (sulfide) groups is 2. The second-order valence-corrected chi connectivity index (χ2v) is 9.33. The molecular formula is C22H28OS2. The lowest BCUT2D eigenvalue weighted by Crippen LogP contribution is -2.19. The predicted molar refractivity (Wildman–Crippen MR) is 110 cm³/mol. The van der Waals surface area contributed by atoms with Crippen LogP contribution in [0.5, 0.6) is 0 Å². The molecule has 0 N–H and O–H groups in total. The Bertz CT molecular complexity index is 604. The first-order valence-corrected chi connectivity index (χ1v) is 11.2. The first-order chi connectivity index (χ1) is 12.4. The van der Waals surface area contributed by atoms with Crippen LogP contribution in [-0.2, 0) is 11.3 Å². The van der Waals surface area contributed by atoms with Gasteiger partial charge in [-0.3, -0.25) is 0 Å². The predicted octanol–water partition coefficient (Wildman–Crippen LogP) is 7.01. The number of benzene rings is 2. The molecule has 3 rings (SSSR count). The first kappa shape index (κ1) is 18.9. The quantitative estimate of drug-likeness (QED) is 0.415. The van der Waals surface area contributed by atoms with E-state index in [4.69, 9.17) is 4.74 Å². The van der Waals surface area contributed by atoms with E-state index in [9.17, 15) is 0 Å². The van der Waals surface area contributed by atoms with E-state index < -0.39 is 0 Å². The van der Waals surface area contributed by atoms with Crippen LogP contribution in [-0.4, -0.2) is 11.2 Å². The van der Waals surface area contributed by atoms with Crippen LogP contribution in [0.4, 0.5) is 0 Å². The summed E-state index contributed by atoms with van der Waals surface area (Å²) in [5.41, 5.74) is 1.27. The number of ether oxygens (including phenoxy) is 1. The smallest absolute Gasteiger partial charge is 0.0717 e. The summed E-state index contributed by atoms with van der Waals surface area (Å²) < 4.78 is 6.72. The molecule has 0 aromatic heterocycles. The van der Waals surface area contributed by atoms with Gasteiger partial charge in [0.05, 0.1) is 17.8 Å². The molecule has 0 saturated carbocycles. The normalized spacial score (nSPS) is 15.2. The van der Waals surface area contributed by atoms with E-state index in [0.29, 0.717) is 10.5 Å². The molecule has 0 radical (unpaired) electrons. The Balaban J connectivity index is 1.54. The first-order valence-electron chi connectivity index (χ1n) is 9.41. The molecule has 1 aliphatic heterocycles. The summed E-state index contributed by atoms with van der Waals surface area (Å²) >= 11 is 4.07. The Morgan fingerprint density at radius 1 is 0.880 bits per heavy atom. The van der Waals surface area contributed by atoms with Gasteiger partial charge in [-0.1, -0.05) is 75.1 Å². The van der Waals surface area contributed by atoms with Crippen molar-refractivity contribution < 1.29 is 4.74 Å². The lowest BCUT2D eigenvalue weighted by Gasteiger charge is -2.22. The van der Waals surface area contributed by atoms with Gasteiger partial charge in [-0.05, 0) is 24.1 Å². The van der Waals surface area contributed by atoms with E-state index in [1.807, 2.05) is 23.5 Å². The molecule has 2 aromatic rings. The SMILES string of the molecule is CCCCCC[C@H](COCc1ccccc1)C1Sc2ccccc2S1. The van der Waals surface area contributed by atoms with Crippen molar-refractivity contribution in [2.75, 3.05) is 6.61 Å². The minimum atomic E-state index is 0.592. The number of hydrogen-bond acceptors (Lipinski definition) is 3. The van der Waals surface area contributed by atoms with Gasteiger partial charge in [0.1, 0.15) is 0 Å². The summed E-state index contributed by atoms with van der Waals surface area (Å²) in [4.78, 5) is 2.89. The molecule has 1 nitrogen and oxygen atoms in total. The molecule has 0 fully saturated rings. The Hall–Kier alpha value is -0.900. The van der Waals surface area contributed by atoms with Gasteiger partial charge in [0.2, 0.25) is 0 Å². The van der Waals surface area contributed by atoms with Crippen molar-refractivity contribution in [2.24, 2.45) is 5.92 Å². The second-order valence-electron chi connectivity index (χ2n) is 6.66. The third kappa shape index (κ3) is 5.80. The monoisotopic (exact) mass is 372 g/mol. The van der Waals surface area contributed by atoms with Crippen molar-refractivity contribution in [3.63, 3.8) is 0 Å². The molecule has 0 aliphatic carbocycles. The van der Waals surface area contributed by atoms with Crippen LogP contribution in [0.2, 0.25) is 0 Å². The molecule has 134 valence electrons. The van der Waals surface area contributed by atoms with Crippen LogP contribution in [0.15, 0.2) is 64.4 Å². The molecule has 0 spiro atoms. The van der Waals surface area contributed by atoms with Crippen molar-refractivity contribution in [3.8, 4) is 0 Å². The zero-order valence-corrected chi connectivity index (χ0v) is 16.7. The van der Waals surface area contributed by atoms with Gasteiger partial charge in [0.25, 0.3) is 0 Å². The molecule has 3 heteroatoms. The van der Waals surface area contributed by atoms with Crippen LogP contribution < -0.4 is 0 Å². The van der Waals surface area contributed by atoms with Crippen LogP contribution >= 0.6 is 23.5 Å². The van der Waals surface area contributed by atoms with E-state index in [2.05, 4.69) is 61.5 Å². The van der Waals surface area contributed by atoms with E-state index >= 15 is 0 Å². The Kier molecular flexibility index (Phi) is 7.78. The highest BCUT2D eigenvalue weighted by Gasteiger charge is 2.30. The van der Waals surface area contributed by atoms with Gasteiger partial charge in [0.15, 0.2) is 0 Å². The second kappa shape index (κ2) is 10.3. The summed E-state index contributed by atoms with van der Waals surface area (Å²) in [5, 5.41) is 0. The lowest BCUT2D eigenvalue weighted by atomic mass is 10.0. The zero-order valence-electron chi connectivity index (χ0n) is 15.0. The van der Waals surface area contributed by atoms with Gasteiger partial charge < -0.3 is 4.74 Å². The summed E-state index contributed by atoms with van der Waals surface area (Å²) in [5.74, 6) is 0.614. The fraction of sp³-hybridized carbons (Fsp3) is 0.455. The number of hydrogen-bond donors (Lipinski definition) is 0. The molecule has 1 atom stereocenters. The Labute approximate surface area is 160 Å². The van der Waals surface area contributed by atoms with E-state index in [0.717, 1.165) is 13.2 Å². The maximum atomic E-state index is 6.12. The Morgan fingerprint density at radius 2 is 1.56 bits per heavy atom. The van der Waals surface area contributed by atoms with E-state index in [-0.39, 0.29) is 0 Å². The van der Waals surface area contributed by atoms with Crippen molar-refractivity contribution in [3.05, 3.63) is 60.2 Å². The molecule has 25 heavy (non-hydrogen) atoms. The largest absolute Gasteiger partial charge is 0.376 e. The molecule has 0 bridgehead atoms. The average molecular weight is 373 g/mol. The summed E-state index contributed by atoms with van der Waals surface area (Å²) in [6, 6.07) is 19.3. The maximum Gasteiger partial charge on any atom is 0.0717 e. The van der Waals surface area contributed by atoms with Crippen LogP contribution in [0.25, 0.3) is 0 Å². The molecule has 1 heterocycles. The topological polar surface area (TPSA) is 9.23 Å². The minimum Gasteiger partial charge on any atom is -0.376 e. The van der Waals surface area contributed by atoms with E-state index in [1.54, 1.807) is 0 Å². The van der Waals surface area contributed by atoms with Gasteiger partial charge in [0, 0.05) is 15.7 Å². The van der Waals surface area contributed by atoms with Crippen molar-refractivity contribution >= 4 is 23.5 Å². The van der Waals surface area contributed by atoms with Crippen molar-refractivity contribution in [1.29, 1.82) is 0 Å².